The largest absolute Gasteiger partial charge is 0.334 e. The van der Waals surface area contributed by atoms with Crippen molar-refractivity contribution < 1.29 is 4.79 Å². The number of benzene rings is 3. The third-order valence-electron chi connectivity index (χ3n) is 5.70. The van der Waals surface area contributed by atoms with Gasteiger partial charge in [-0.2, -0.15) is 0 Å². The zero-order valence-electron chi connectivity index (χ0n) is 16.9. The highest BCUT2D eigenvalue weighted by molar-refractivity contribution is 6.30. The van der Waals surface area contributed by atoms with E-state index in [2.05, 4.69) is 34.3 Å². The maximum atomic E-state index is 13.5. The molecule has 0 bridgehead atoms. The van der Waals surface area contributed by atoms with Gasteiger partial charge in [-0.15, -0.1) is 0 Å². The van der Waals surface area contributed by atoms with Gasteiger partial charge in [0.15, 0.2) is 0 Å². The smallest absolute Gasteiger partial charge is 0.318 e. The standard InChI is InChI=1S/C26H22ClN3O/c27-22-14-12-20(13-15-22)25-24-11-6-16-29(24)23-10-5-4-9-21(23)18-30(25)26(31)28-17-19-7-2-1-3-8-19/h1-16,25H,17-18H2,(H,28,31)/t25-/m0/s1. The topological polar surface area (TPSA) is 37.3 Å². The van der Waals surface area contributed by atoms with Gasteiger partial charge < -0.3 is 14.8 Å². The summed E-state index contributed by atoms with van der Waals surface area (Å²) in [5.41, 5.74) is 5.33. The Labute approximate surface area is 186 Å². The summed E-state index contributed by atoms with van der Waals surface area (Å²) >= 11 is 6.15. The molecule has 3 aromatic carbocycles. The molecule has 31 heavy (non-hydrogen) atoms. The number of carbonyl (C=O) groups excluding carboxylic acids is 1. The SMILES string of the molecule is O=C(NCc1ccccc1)N1Cc2ccccc2-n2cccc2[C@@H]1c1ccc(Cl)cc1. The molecule has 1 aliphatic rings. The molecule has 2 amide bonds. The first-order valence-electron chi connectivity index (χ1n) is 10.3. The molecule has 0 saturated carbocycles. The molecule has 5 heteroatoms. The number of para-hydroxylation sites is 1. The normalized spacial score (nSPS) is 15.0. The van der Waals surface area contributed by atoms with Gasteiger partial charge in [-0.05, 0) is 47.0 Å². The Balaban J connectivity index is 1.56. The van der Waals surface area contributed by atoms with Crippen molar-refractivity contribution in [1.82, 2.24) is 14.8 Å². The molecule has 4 nitrogen and oxygen atoms in total. The van der Waals surface area contributed by atoms with Crippen molar-refractivity contribution in [3.8, 4) is 5.69 Å². The fourth-order valence-electron chi connectivity index (χ4n) is 4.21. The first kappa shape index (κ1) is 19.5. The Morgan fingerprint density at radius 2 is 1.65 bits per heavy atom. The molecule has 1 N–H and O–H groups in total. The van der Waals surface area contributed by atoms with Gasteiger partial charge in [0.2, 0.25) is 0 Å². The third-order valence-corrected chi connectivity index (χ3v) is 5.95. The summed E-state index contributed by atoms with van der Waals surface area (Å²) < 4.78 is 2.18. The van der Waals surface area contributed by atoms with E-state index in [1.807, 2.05) is 77.7 Å². The van der Waals surface area contributed by atoms with Crippen LogP contribution in [0, 0.1) is 0 Å². The lowest BCUT2D eigenvalue weighted by Crippen LogP contribution is -2.41. The monoisotopic (exact) mass is 427 g/mol. The quantitative estimate of drug-likeness (QED) is 0.431. The zero-order valence-corrected chi connectivity index (χ0v) is 17.7. The minimum absolute atomic E-state index is 0.103. The molecule has 0 aliphatic carbocycles. The van der Waals surface area contributed by atoms with Gasteiger partial charge in [-0.25, -0.2) is 4.79 Å². The van der Waals surface area contributed by atoms with E-state index in [0.717, 1.165) is 28.1 Å². The minimum Gasteiger partial charge on any atom is -0.334 e. The van der Waals surface area contributed by atoms with Gasteiger partial charge in [0, 0.05) is 23.5 Å². The molecular weight excluding hydrogens is 406 g/mol. The number of urea groups is 1. The van der Waals surface area contributed by atoms with E-state index < -0.39 is 0 Å². The maximum Gasteiger partial charge on any atom is 0.318 e. The van der Waals surface area contributed by atoms with Crippen LogP contribution in [0.5, 0.6) is 0 Å². The van der Waals surface area contributed by atoms with Crippen molar-refractivity contribution in [2.45, 2.75) is 19.1 Å². The van der Waals surface area contributed by atoms with E-state index in [1.165, 1.54) is 0 Å². The molecule has 0 fully saturated rings. The first-order valence-corrected chi connectivity index (χ1v) is 10.7. The Kier molecular flexibility index (Phi) is 5.23. The maximum absolute atomic E-state index is 13.5. The second kappa shape index (κ2) is 8.32. The summed E-state index contributed by atoms with van der Waals surface area (Å²) in [6, 6.07) is 29.7. The number of fused-ring (bicyclic) bond motifs is 3. The fourth-order valence-corrected chi connectivity index (χ4v) is 4.34. The highest BCUT2D eigenvalue weighted by Gasteiger charge is 2.32. The summed E-state index contributed by atoms with van der Waals surface area (Å²) in [4.78, 5) is 15.4. The van der Waals surface area contributed by atoms with Crippen LogP contribution in [0.4, 0.5) is 4.79 Å². The Bertz CT molecular complexity index is 1200. The summed E-state index contributed by atoms with van der Waals surface area (Å²) in [5.74, 6) is 0. The zero-order chi connectivity index (χ0) is 21.2. The Hall–Kier alpha value is -3.50. The summed E-state index contributed by atoms with van der Waals surface area (Å²) in [5, 5.41) is 3.79. The Morgan fingerprint density at radius 3 is 2.45 bits per heavy atom. The molecule has 5 rings (SSSR count). The van der Waals surface area contributed by atoms with E-state index >= 15 is 0 Å². The molecule has 0 radical (unpaired) electrons. The number of rotatable bonds is 3. The molecule has 0 unspecified atom stereocenters. The van der Waals surface area contributed by atoms with Gasteiger partial charge in [0.1, 0.15) is 0 Å². The molecule has 154 valence electrons. The summed E-state index contributed by atoms with van der Waals surface area (Å²) in [6.45, 7) is 0.984. The number of hydrogen-bond acceptors (Lipinski definition) is 1. The highest BCUT2D eigenvalue weighted by atomic mass is 35.5. The average Bonchev–Trinajstić information content (AvgIpc) is 3.23. The second-order valence-electron chi connectivity index (χ2n) is 7.66. The molecule has 1 aromatic heterocycles. The van der Waals surface area contributed by atoms with Crippen LogP contribution >= 0.6 is 11.6 Å². The van der Waals surface area contributed by atoms with Crippen LogP contribution in [0.1, 0.15) is 28.4 Å². The van der Waals surface area contributed by atoms with E-state index in [0.29, 0.717) is 18.1 Å². The van der Waals surface area contributed by atoms with Crippen LogP contribution in [0.25, 0.3) is 5.69 Å². The van der Waals surface area contributed by atoms with E-state index in [4.69, 9.17) is 11.6 Å². The van der Waals surface area contributed by atoms with Crippen LogP contribution in [0.2, 0.25) is 5.02 Å². The van der Waals surface area contributed by atoms with Crippen molar-refractivity contribution in [1.29, 1.82) is 0 Å². The second-order valence-corrected chi connectivity index (χ2v) is 8.09. The molecule has 1 atom stereocenters. The number of carbonyl (C=O) groups is 1. The Morgan fingerprint density at radius 1 is 0.903 bits per heavy atom. The predicted molar refractivity (Wildman–Crippen MR) is 123 cm³/mol. The van der Waals surface area contributed by atoms with Gasteiger partial charge in [0.05, 0.1) is 18.3 Å². The number of amides is 2. The van der Waals surface area contributed by atoms with Crippen LogP contribution in [-0.2, 0) is 13.1 Å². The number of nitrogens with zero attached hydrogens (tertiary/aromatic N) is 2. The lowest BCUT2D eigenvalue weighted by atomic mass is 10.0. The first-order chi connectivity index (χ1) is 15.2. The molecule has 2 heterocycles. The van der Waals surface area contributed by atoms with Crippen LogP contribution in [0.3, 0.4) is 0 Å². The molecule has 0 spiro atoms. The van der Waals surface area contributed by atoms with Crippen molar-refractivity contribution >= 4 is 17.6 Å². The van der Waals surface area contributed by atoms with Crippen LogP contribution < -0.4 is 5.32 Å². The minimum atomic E-state index is -0.240. The van der Waals surface area contributed by atoms with E-state index in [-0.39, 0.29) is 12.1 Å². The summed E-state index contributed by atoms with van der Waals surface area (Å²) in [7, 11) is 0. The lowest BCUT2D eigenvalue weighted by molar-refractivity contribution is 0.180. The predicted octanol–water partition coefficient (Wildman–Crippen LogP) is 5.95. The number of hydrogen-bond donors (Lipinski definition) is 1. The average molecular weight is 428 g/mol. The van der Waals surface area contributed by atoms with Gasteiger partial charge in [-0.3, -0.25) is 0 Å². The third kappa shape index (κ3) is 3.82. The lowest BCUT2D eigenvalue weighted by Gasteiger charge is -2.31. The number of nitrogens with one attached hydrogen (secondary N) is 1. The van der Waals surface area contributed by atoms with E-state index in [9.17, 15) is 4.79 Å². The van der Waals surface area contributed by atoms with Crippen LogP contribution in [0.15, 0.2) is 97.2 Å². The fraction of sp³-hybridized carbons (Fsp3) is 0.115. The number of aromatic nitrogens is 1. The van der Waals surface area contributed by atoms with Crippen molar-refractivity contribution in [3.63, 3.8) is 0 Å². The summed E-state index contributed by atoms with van der Waals surface area (Å²) in [6.07, 6.45) is 2.06. The highest BCUT2D eigenvalue weighted by Crippen LogP contribution is 2.36. The molecule has 0 saturated heterocycles. The van der Waals surface area contributed by atoms with Crippen molar-refractivity contribution in [2.24, 2.45) is 0 Å². The van der Waals surface area contributed by atoms with Crippen molar-refractivity contribution in [3.05, 3.63) is 125 Å². The molecule has 4 aromatic rings. The molecule has 1 aliphatic heterocycles. The van der Waals surface area contributed by atoms with Crippen LogP contribution in [-0.4, -0.2) is 15.5 Å². The van der Waals surface area contributed by atoms with E-state index in [1.54, 1.807) is 0 Å². The number of halogens is 1. The van der Waals surface area contributed by atoms with Gasteiger partial charge in [-0.1, -0.05) is 72.3 Å². The van der Waals surface area contributed by atoms with Gasteiger partial charge in [0.25, 0.3) is 0 Å². The molecular formula is C26H22ClN3O. The van der Waals surface area contributed by atoms with Gasteiger partial charge >= 0.3 is 6.03 Å². The van der Waals surface area contributed by atoms with Crippen molar-refractivity contribution in [2.75, 3.05) is 0 Å².